The van der Waals surface area contributed by atoms with Gasteiger partial charge in [0.1, 0.15) is 24.2 Å². The zero-order valence-electron chi connectivity index (χ0n) is 26.0. The maximum absolute atomic E-state index is 13.1. The van der Waals surface area contributed by atoms with Gasteiger partial charge in [-0.25, -0.2) is 9.78 Å². The molecule has 0 N–H and O–H groups in total. The van der Waals surface area contributed by atoms with E-state index in [9.17, 15) is 4.79 Å². The topological polar surface area (TPSA) is 80.0 Å². The normalized spacial score (nSPS) is 40.5. The fraction of sp³-hybridized carbons (Fsp3) is 0.706. The summed E-state index contributed by atoms with van der Waals surface area (Å²) in [5.41, 5.74) is 2.15. The second-order valence-corrected chi connectivity index (χ2v) is 14.6. The summed E-state index contributed by atoms with van der Waals surface area (Å²) in [4.78, 5) is 17.9. The SMILES string of the molecule is C/C(=C\I)[C@@H]1O[C@@H]2C/C=C/c3nc(co3)[C@H]3CC(C)C[C@@H](C[C@H]4CC(C)(C)C[C@H](CC=CC(=O)O[C@@H]([C@H]2C)[C@H]1C)O4)O3. The van der Waals surface area contributed by atoms with Crippen molar-refractivity contribution in [3.63, 3.8) is 0 Å². The third kappa shape index (κ3) is 7.77. The molecule has 0 amide bonds. The molecule has 0 aromatic carbocycles. The zero-order valence-corrected chi connectivity index (χ0v) is 28.1. The van der Waals surface area contributed by atoms with Gasteiger partial charge in [0.2, 0.25) is 5.89 Å². The summed E-state index contributed by atoms with van der Waals surface area (Å²) in [6.07, 6.45) is 15.1. The predicted octanol–water partition coefficient (Wildman–Crippen LogP) is 8.15. The lowest BCUT2D eigenvalue weighted by Crippen LogP contribution is -2.50. The van der Waals surface area contributed by atoms with Crippen LogP contribution in [0.5, 0.6) is 0 Å². The van der Waals surface area contributed by atoms with Crippen molar-refractivity contribution in [1.82, 2.24) is 4.98 Å². The van der Waals surface area contributed by atoms with Crippen LogP contribution in [0.15, 0.2) is 38.6 Å². The third-order valence-electron chi connectivity index (χ3n) is 9.56. The molecule has 3 fully saturated rings. The Labute approximate surface area is 265 Å². The van der Waals surface area contributed by atoms with Crippen LogP contribution in [0, 0.1) is 23.2 Å². The van der Waals surface area contributed by atoms with E-state index >= 15 is 0 Å². The third-order valence-corrected chi connectivity index (χ3v) is 10.5. The van der Waals surface area contributed by atoms with Crippen LogP contribution in [0.3, 0.4) is 0 Å². The van der Waals surface area contributed by atoms with Crippen molar-refractivity contribution in [2.24, 2.45) is 23.2 Å². The first kappa shape index (κ1) is 31.9. The van der Waals surface area contributed by atoms with Crippen LogP contribution in [0.4, 0.5) is 0 Å². The average molecular weight is 694 g/mol. The first-order chi connectivity index (χ1) is 20.0. The van der Waals surface area contributed by atoms with Crippen LogP contribution < -0.4 is 0 Å². The Hall–Kier alpha value is -1.49. The Kier molecular flexibility index (Phi) is 10.4. The van der Waals surface area contributed by atoms with E-state index in [1.54, 1.807) is 12.3 Å². The Morgan fingerprint density at radius 3 is 2.50 bits per heavy atom. The Bertz CT molecular complexity index is 1170. The lowest BCUT2D eigenvalue weighted by molar-refractivity contribution is -0.180. The maximum Gasteiger partial charge on any atom is 0.330 e. The molecular weight excluding hydrogens is 645 g/mol. The van der Waals surface area contributed by atoms with E-state index in [0.717, 1.165) is 43.4 Å². The molecule has 4 aliphatic heterocycles. The Morgan fingerprint density at radius 1 is 0.952 bits per heavy atom. The smallest absolute Gasteiger partial charge is 0.330 e. The van der Waals surface area contributed by atoms with E-state index in [4.69, 9.17) is 28.3 Å². The second-order valence-electron chi connectivity index (χ2n) is 14.0. The van der Waals surface area contributed by atoms with Crippen LogP contribution >= 0.6 is 22.6 Å². The van der Waals surface area contributed by atoms with Gasteiger partial charge in [-0.2, -0.15) is 0 Å². The van der Waals surface area contributed by atoms with Gasteiger partial charge in [0.15, 0.2) is 0 Å². The first-order valence-electron chi connectivity index (χ1n) is 15.7. The number of fused-ring (bicyclic) bond motifs is 9. The summed E-state index contributed by atoms with van der Waals surface area (Å²) in [5.74, 6) is 0.849. The van der Waals surface area contributed by atoms with E-state index in [1.807, 2.05) is 12.2 Å². The van der Waals surface area contributed by atoms with Gasteiger partial charge in [0, 0.05) is 17.9 Å². The highest BCUT2D eigenvalue weighted by molar-refractivity contribution is 14.1. The van der Waals surface area contributed by atoms with Gasteiger partial charge in [-0.1, -0.05) is 69.4 Å². The van der Waals surface area contributed by atoms with Gasteiger partial charge in [0.05, 0.1) is 30.5 Å². The number of carbonyl (C=O) groups excluding carboxylic acids is 1. The number of hydrogen-bond donors (Lipinski definition) is 0. The number of ether oxygens (including phenoxy) is 4. The molecule has 1 aromatic rings. The minimum absolute atomic E-state index is 0.0202. The minimum Gasteiger partial charge on any atom is -0.458 e. The molecule has 0 radical (unpaired) electrons. The van der Waals surface area contributed by atoms with Gasteiger partial charge < -0.3 is 23.4 Å². The van der Waals surface area contributed by atoms with Crippen LogP contribution in [0.1, 0.15) is 104 Å². The van der Waals surface area contributed by atoms with Crippen LogP contribution in [0.25, 0.3) is 6.08 Å². The molecule has 8 bridgehead atoms. The summed E-state index contributed by atoms with van der Waals surface area (Å²) in [6.45, 7) is 13.2. The molecule has 5 rings (SSSR count). The molecular formula is C34H48INO6. The van der Waals surface area contributed by atoms with Crippen molar-refractivity contribution < 1.29 is 28.2 Å². The molecule has 1 aromatic heterocycles. The molecule has 8 heteroatoms. The van der Waals surface area contributed by atoms with Crippen LogP contribution in [-0.2, 0) is 23.7 Å². The zero-order chi connectivity index (χ0) is 30.0. The van der Waals surface area contributed by atoms with E-state index in [1.165, 1.54) is 0 Å². The van der Waals surface area contributed by atoms with Crippen molar-refractivity contribution in [3.05, 3.63) is 45.7 Å². The first-order valence-corrected chi connectivity index (χ1v) is 17.0. The molecule has 1 unspecified atom stereocenters. The summed E-state index contributed by atoms with van der Waals surface area (Å²) in [5, 5.41) is 0. The molecule has 0 spiro atoms. The van der Waals surface area contributed by atoms with Gasteiger partial charge in [-0.3, -0.25) is 0 Å². The molecule has 42 heavy (non-hydrogen) atoms. The molecule has 5 heterocycles. The van der Waals surface area contributed by atoms with E-state index in [2.05, 4.69) is 74.3 Å². The number of oxazole rings is 1. The highest BCUT2D eigenvalue weighted by Gasteiger charge is 2.44. The van der Waals surface area contributed by atoms with E-state index < -0.39 is 0 Å². The number of rotatable bonds is 1. The van der Waals surface area contributed by atoms with Crippen molar-refractivity contribution in [2.45, 2.75) is 129 Å². The number of aromatic nitrogens is 1. The monoisotopic (exact) mass is 693 g/mol. The highest BCUT2D eigenvalue weighted by Crippen LogP contribution is 2.42. The maximum atomic E-state index is 13.1. The summed E-state index contributed by atoms with van der Waals surface area (Å²) >= 11 is 2.26. The molecule has 0 saturated carbocycles. The highest BCUT2D eigenvalue weighted by atomic mass is 127. The number of nitrogens with zero attached hydrogens (tertiary/aromatic N) is 1. The largest absolute Gasteiger partial charge is 0.458 e. The fourth-order valence-electron chi connectivity index (χ4n) is 7.54. The second kappa shape index (κ2) is 13.7. The molecule has 4 aliphatic rings. The molecule has 10 atom stereocenters. The summed E-state index contributed by atoms with van der Waals surface area (Å²) in [7, 11) is 0. The number of carbonyl (C=O) groups is 1. The fourth-order valence-corrected chi connectivity index (χ4v) is 7.89. The predicted molar refractivity (Wildman–Crippen MR) is 171 cm³/mol. The van der Waals surface area contributed by atoms with Gasteiger partial charge in [-0.05, 0) is 78.9 Å². The lowest BCUT2D eigenvalue weighted by atomic mass is 9.77. The van der Waals surface area contributed by atoms with E-state index in [0.29, 0.717) is 24.7 Å². The number of hydrogen-bond acceptors (Lipinski definition) is 7. The van der Waals surface area contributed by atoms with Crippen molar-refractivity contribution >= 4 is 34.6 Å². The lowest BCUT2D eigenvalue weighted by Gasteiger charge is -2.44. The molecule has 7 nitrogen and oxygen atoms in total. The standard InChI is InChI=1S/C34H48INO6/c1-20-13-25-15-26-17-34(5,6)16-24(39-26)9-7-12-31(37)42-33-22(3)28(41-32(23(33)4)21(2)18-35)10-8-11-30-36-27(19-38-30)29(14-20)40-25/h7-8,11-12,18-20,22-26,28-29,32-33H,9-10,13-17H2,1-6H3/b11-8+,12-7?,21-18+/t20?,22-,23-,24-,25-,26-,28+,29+,32-,33-/m0/s1. The number of halogens is 1. The van der Waals surface area contributed by atoms with E-state index in [-0.39, 0.29) is 65.9 Å². The summed E-state index contributed by atoms with van der Waals surface area (Å²) < 4.78 is 33.9. The van der Waals surface area contributed by atoms with Crippen LogP contribution in [0.2, 0.25) is 0 Å². The van der Waals surface area contributed by atoms with Crippen molar-refractivity contribution in [2.75, 3.05) is 0 Å². The Balaban J connectivity index is 1.42. The van der Waals surface area contributed by atoms with Gasteiger partial charge in [-0.15, -0.1) is 0 Å². The Morgan fingerprint density at radius 2 is 1.71 bits per heavy atom. The number of esters is 1. The molecule has 232 valence electrons. The average Bonchev–Trinajstić information content (AvgIpc) is 3.39. The quantitative estimate of drug-likeness (QED) is 0.217. The van der Waals surface area contributed by atoms with Crippen molar-refractivity contribution in [3.8, 4) is 0 Å². The van der Waals surface area contributed by atoms with Gasteiger partial charge >= 0.3 is 5.97 Å². The molecule has 3 saturated heterocycles. The minimum atomic E-state index is -0.301. The van der Waals surface area contributed by atoms with Crippen LogP contribution in [-0.4, -0.2) is 47.6 Å². The molecule has 0 aliphatic carbocycles. The van der Waals surface area contributed by atoms with Gasteiger partial charge in [0.25, 0.3) is 0 Å². The van der Waals surface area contributed by atoms with Crippen molar-refractivity contribution in [1.29, 1.82) is 0 Å². The summed E-state index contributed by atoms with van der Waals surface area (Å²) in [6, 6.07) is 0.